The van der Waals surface area contributed by atoms with Crippen molar-refractivity contribution in [2.45, 2.75) is 45.5 Å². The van der Waals surface area contributed by atoms with Crippen LogP contribution in [0, 0.1) is 13.8 Å². The number of benzene rings is 2. The van der Waals surface area contributed by atoms with Gasteiger partial charge in [-0.15, -0.1) is 0 Å². The van der Waals surface area contributed by atoms with Gasteiger partial charge in [0.15, 0.2) is 11.5 Å². The van der Waals surface area contributed by atoms with Crippen molar-refractivity contribution in [2.75, 3.05) is 20.8 Å². The second-order valence-electron chi connectivity index (χ2n) is 5.33. The fourth-order valence-corrected chi connectivity index (χ4v) is 1.85. The lowest BCUT2D eigenvalue weighted by atomic mass is 10.0. The van der Waals surface area contributed by atoms with Gasteiger partial charge in [0.05, 0.1) is 33.9 Å². The van der Waals surface area contributed by atoms with Crippen LogP contribution >= 0.6 is 0 Å². The quantitative estimate of drug-likeness (QED) is 0.668. The summed E-state index contributed by atoms with van der Waals surface area (Å²) < 4.78 is 127. The molecule has 1 atom stereocenters. The zero-order valence-electron chi connectivity index (χ0n) is 28.8. The molecule has 142 valence electrons. The zero-order valence-corrected chi connectivity index (χ0v) is 14.8. The SMILES string of the molecule is [2H]c1c([2H])c(OCC([2H])(O)CCC([2H])([2H])C([2H])([2H])c2c([2H])c([2H])c(OC([2H])([2H])[2H])c(OC)c2[2H])c([2H])c(C)c1C. The highest BCUT2D eigenvalue weighted by atomic mass is 16.5. The van der Waals surface area contributed by atoms with Gasteiger partial charge in [0, 0.05) is 5.48 Å². The zero-order chi connectivity index (χ0) is 31.2. The van der Waals surface area contributed by atoms with Gasteiger partial charge in [-0.05, 0) is 73.9 Å². The maximum absolute atomic E-state index is 10.5. The van der Waals surface area contributed by atoms with E-state index in [1.54, 1.807) is 13.8 Å². The minimum absolute atomic E-state index is 0.196. The predicted octanol–water partition coefficient (Wildman–Crippen LogP) is 4.47. The second-order valence-corrected chi connectivity index (χ2v) is 5.33. The summed E-state index contributed by atoms with van der Waals surface area (Å²) in [4.78, 5) is 0. The first-order valence-electron chi connectivity index (χ1n) is 14.8. The standard InChI is InChI=1S/C22H30O4/c1-16-9-11-20(13-17(16)2)26-15-19(23)8-6-5-7-18-10-12-21(24-3)22(14-18)25-4/h9-14,19,23H,5-8,15H2,1-4H3/i3D3,5D2,7D2,9D,10D,11D,12D,13D,14D,19D. The number of hydrogen-bond donors (Lipinski definition) is 1. The average Bonchev–Trinajstić information content (AvgIpc) is 2.83. The Labute approximate surface area is 176 Å². The first-order chi connectivity index (χ1) is 18.0. The third kappa shape index (κ3) is 5.95. The predicted molar refractivity (Wildman–Crippen MR) is 105 cm³/mol. The van der Waals surface area contributed by atoms with Gasteiger partial charge in [-0.1, -0.05) is 18.5 Å². The van der Waals surface area contributed by atoms with Crippen LogP contribution in [-0.2, 0) is 6.37 Å². The third-order valence-corrected chi connectivity index (χ3v) is 3.41. The largest absolute Gasteiger partial charge is 0.493 e. The van der Waals surface area contributed by atoms with Crippen molar-refractivity contribution in [3.8, 4) is 17.2 Å². The van der Waals surface area contributed by atoms with Crippen molar-refractivity contribution < 1.29 is 38.5 Å². The van der Waals surface area contributed by atoms with Crippen molar-refractivity contribution in [3.05, 3.63) is 52.9 Å². The number of rotatable bonds is 10. The van der Waals surface area contributed by atoms with Crippen molar-refractivity contribution >= 4 is 0 Å². The van der Waals surface area contributed by atoms with E-state index >= 15 is 0 Å². The Hall–Kier alpha value is -2.20. The topological polar surface area (TPSA) is 47.9 Å². The van der Waals surface area contributed by atoms with Gasteiger partial charge in [-0.3, -0.25) is 0 Å². The summed E-state index contributed by atoms with van der Waals surface area (Å²) in [5.74, 6) is -1.83. The Balaban J connectivity index is 2.37. The molecular formula is C22H30O4. The summed E-state index contributed by atoms with van der Waals surface area (Å²) >= 11 is 0. The van der Waals surface area contributed by atoms with Crippen molar-refractivity contribution in [1.82, 2.24) is 0 Å². The van der Waals surface area contributed by atoms with Gasteiger partial charge < -0.3 is 19.3 Å². The highest BCUT2D eigenvalue weighted by Crippen LogP contribution is 2.28. The lowest BCUT2D eigenvalue weighted by Gasteiger charge is -2.13. The first-order valence-corrected chi connectivity index (χ1v) is 7.80. The van der Waals surface area contributed by atoms with Gasteiger partial charge in [0.1, 0.15) is 12.4 Å². The molecule has 0 aliphatic rings. The Morgan fingerprint density at radius 3 is 2.77 bits per heavy atom. The van der Waals surface area contributed by atoms with Gasteiger partial charge in [0.25, 0.3) is 0 Å². The molecule has 0 saturated carbocycles. The molecule has 2 aromatic rings. The Bertz CT molecular complexity index is 1240. The molecule has 0 saturated heterocycles. The Morgan fingerprint density at radius 1 is 1.15 bits per heavy atom. The number of hydrogen-bond acceptors (Lipinski definition) is 4. The number of methoxy groups -OCH3 is 2. The fraction of sp³-hybridized carbons (Fsp3) is 0.455. The highest BCUT2D eigenvalue weighted by Gasteiger charge is 2.07. The lowest BCUT2D eigenvalue weighted by Crippen LogP contribution is -2.17. The summed E-state index contributed by atoms with van der Waals surface area (Å²) in [5, 5.41) is 10.5. The van der Waals surface area contributed by atoms with Crippen LogP contribution in [0.4, 0.5) is 0 Å². The van der Waals surface area contributed by atoms with Crippen LogP contribution in [0.5, 0.6) is 17.2 Å². The molecule has 0 amide bonds. The molecule has 26 heavy (non-hydrogen) atoms. The molecule has 0 aliphatic carbocycles. The molecule has 0 aromatic heterocycles. The fourth-order valence-electron chi connectivity index (χ4n) is 1.85. The van der Waals surface area contributed by atoms with E-state index in [4.69, 9.17) is 28.7 Å². The van der Waals surface area contributed by atoms with E-state index in [0.29, 0.717) is 11.1 Å². The summed E-state index contributed by atoms with van der Waals surface area (Å²) in [6.07, 6.45) is -10.2. The molecule has 4 nitrogen and oxygen atoms in total. The van der Waals surface area contributed by atoms with Crippen molar-refractivity contribution in [1.29, 1.82) is 0 Å². The van der Waals surface area contributed by atoms with E-state index in [2.05, 4.69) is 4.74 Å². The van der Waals surface area contributed by atoms with Crippen LogP contribution in [0.15, 0.2) is 36.3 Å². The molecule has 2 rings (SSSR count). The van der Waals surface area contributed by atoms with Gasteiger partial charge in [0.2, 0.25) is 0 Å². The van der Waals surface area contributed by atoms with Crippen LogP contribution in [0.2, 0.25) is 0 Å². The molecule has 0 fully saturated rings. The summed E-state index contributed by atoms with van der Waals surface area (Å²) in [6, 6.07) is -3.68. The second kappa shape index (κ2) is 10.1. The van der Waals surface area contributed by atoms with Gasteiger partial charge in [-0.25, -0.2) is 0 Å². The summed E-state index contributed by atoms with van der Waals surface area (Å²) in [5.41, 5.74) is -0.157. The molecule has 1 unspecified atom stereocenters. The van der Waals surface area contributed by atoms with E-state index < -0.39 is 86.5 Å². The van der Waals surface area contributed by atoms with E-state index in [1.165, 1.54) is 0 Å². The minimum Gasteiger partial charge on any atom is -0.493 e. The number of ether oxygens (including phenoxy) is 3. The molecule has 0 bridgehead atoms. The van der Waals surface area contributed by atoms with E-state index in [9.17, 15) is 5.11 Å². The van der Waals surface area contributed by atoms with Gasteiger partial charge >= 0.3 is 0 Å². The smallest absolute Gasteiger partial charge is 0.160 e. The molecule has 1 N–H and O–H groups in total. The summed E-state index contributed by atoms with van der Waals surface area (Å²) in [7, 11) is -2.08. The minimum atomic E-state index is -3.17. The maximum Gasteiger partial charge on any atom is 0.160 e. The van der Waals surface area contributed by atoms with Crippen LogP contribution < -0.4 is 14.2 Å². The van der Waals surface area contributed by atoms with Crippen LogP contribution in [0.25, 0.3) is 0 Å². The van der Waals surface area contributed by atoms with Crippen molar-refractivity contribution in [2.24, 2.45) is 0 Å². The normalized spacial score (nSPS) is 22.5. The van der Waals surface area contributed by atoms with E-state index in [-0.39, 0.29) is 17.8 Å². The first kappa shape index (κ1) is 8.22. The average molecular weight is 373 g/mol. The van der Waals surface area contributed by atoms with Gasteiger partial charge in [-0.2, -0.15) is 0 Å². The Morgan fingerprint density at radius 2 is 2.00 bits per heavy atom. The van der Waals surface area contributed by atoms with Crippen molar-refractivity contribution in [3.63, 3.8) is 0 Å². The molecule has 2 aromatic carbocycles. The maximum atomic E-state index is 10.5. The number of aliphatic hydroxyl groups is 1. The molecule has 0 radical (unpaired) electrons. The van der Waals surface area contributed by atoms with Crippen LogP contribution in [0.3, 0.4) is 0 Å². The molecule has 0 heterocycles. The summed E-state index contributed by atoms with van der Waals surface area (Å²) in [6.45, 7) is 2.27. The molecular weight excluding hydrogens is 328 g/mol. The molecule has 0 spiro atoms. The lowest BCUT2D eigenvalue weighted by molar-refractivity contribution is 0.0976. The monoisotopic (exact) mass is 372 g/mol. The molecule has 4 heteroatoms. The van der Waals surface area contributed by atoms with Crippen LogP contribution in [0.1, 0.15) is 55.1 Å². The highest BCUT2D eigenvalue weighted by molar-refractivity contribution is 5.42. The van der Waals surface area contributed by atoms with Crippen LogP contribution in [-0.4, -0.2) is 31.9 Å². The molecule has 0 aliphatic heterocycles. The van der Waals surface area contributed by atoms with E-state index in [1.807, 2.05) is 0 Å². The van der Waals surface area contributed by atoms with E-state index in [0.717, 1.165) is 7.11 Å². The third-order valence-electron chi connectivity index (χ3n) is 3.41. The Kier molecular flexibility index (Phi) is 3.18.